The number of hydrogen-bond acceptors (Lipinski definition) is 4. The lowest BCUT2D eigenvalue weighted by molar-refractivity contribution is 0.555. The molecule has 1 fully saturated rings. The second kappa shape index (κ2) is 5.11. The van der Waals surface area contributed by atoms with Crippen LogP contribution in [0.1, 0.15) is 24.2 Å². The molecule has 0 unspecified atom stereocenters. The number of hydrogen-bond donors (Lipinski definition) is 1. The molecule has 2 heterocycles. The fourth-order valence-corrected chi connectivity index (χ4v) is 2.82. The van der Waals surface area contributed by atoms with Gasteiger partial charge in [0.1, 0.15) is 12.1 Å². The molecular weight excluding hydrogens is 269 g/mol. The van der Waals surface area contributed by atoms with Gasteiger partial charge in [-0.25, -0.2) is 4.39 Å². The standard InChI is InChI=1S/C15H18FN5/c16-12-1-4-14(11(7-12)8-17-13-2-3-13)20-5-6-21-10-18-19-15(21)9-20/h1,4,7,10,13,17H,2-3,5-6,8-9H2. The lowest BCUT2D eigenvalue weighted by Crippen LogP contribution is -2.34. The summed E-state index contributed by atoms with van der Waals surface area (Å²) in [6, 6.07) is 5.68. The van der Waals surface area contributed by atoms with Gasteiger partial charge >= 0.3 is 0 Å². The Labute approximate surface area is 122 Å². The Morgan fingerprint density at radius 2 is 2.19 bits per heavy atom. The third kappa shape index (κ3) is 2.63. The van der Waals surface area contributed by atoms with Crippen LogP contribution in [0.15, 0.2) is 24.5 Å². The van der Waals surface area contributed by atoms with E-state index in [0.29, 0.717) is 6.04 Å². The lowest BCUT2D eigenvalue weighted by Gasteiger charge is -2.30. The zero-order valence-corrected chi connectivity index (χ0v) is 11.8. The maximum Gasteiger partial charge on any atom is 0.152 e. The number of nitrogens with one attached hydrogen (secondary N) is 1. The van der Waals surface area contributed by atoms with Crippen LogP contribution in [0.25, 0.3) is 0 Å². The lowest BCUT2D eigenvalue weighted by atomic mass is 10.1. The van der Waals surface area contributed by atoms with Crippen LogP contribution in [0.4, 0.5) is 10.1 Å². The summed E-state index contributed by atoms with van der Waals surface area (Å²) < 4.78 is 15.6. The van der Waals surface area contributed by atoms with Gasteiger partial charge in [0.2, 0.25) is 0 Å². The molecule has 110 valence electrons. The molecule has 2 aliphatic rings. The largest absolute Gasteiger partial charge is 0.362 e. The molecular formula is C15H18FN5. The molecule has 1 aliphatic carbocycles. The number of aromatic nitrogens is 3. The molecule has 6 heteroatoms. The average Bonchev–Trinajstić information content (AvgIpc) is 3.20. The SMILES string of the molecule is Fc1ccc(N2CCn3cnnc3C2)c(CNC2CC2)c1. The average molecular weight is 287 g/mol. The maximum atomic E-state index is 13.6. The number of fused-ring (bicyclic) bond motifs is 1. The van der Waals surface area contributed by atoms with Crippen molar-refractivity contribution in [2.75, 3.05) is 11.4 Å². The predicted molar refractivity (Wildman–Crippen MR) is 77.3 cm³/mol. The normalized spacial score (nSPS) is 17.9. The maximum absolute atomic E-state index is 13.6. The zero-order chi connectivity index (χ0) is 14.2. The van der Waals surface area contributed by atoms with Crippen molar-refractivity contribution in [3.63, 3.8) is 0 Å². The highest BCUT2D eigenvalue weighted by molar-refractivity contribution is 5.54. The first-order chi connectivity index (χ1) is 10.3. The summed E-state index contributed by atoms with van der Waals surface area (Å²) in [5.74, 6) is 0.790. The van der Waals surface area contributed by atoms with E-state index in [1.165, 1.54) is 18.9 Å². The molecule has 5 nitrogen and oxygen atoms in total. The number of halogens is 1. The highest BCUT2D eigenvalue weighted by Gasteiger charge is 2.23. The van der Waals surface area contributed by atoms with Crippen molar-refractivity contribution in [1.29, 1.82) is 0 Å². The first-order valence-electron chi connectivity index (χ1n) is 7.43. The molecule has 0 atom stereocenters. The van der Waals surface area contributed by atoms with Gasteiger partial charge in [-0.1, -0.05) is 0 Å². The van der Waals surface area contributed by atoms with E-state index in [-0.39, 0.29) is 5.82 Å². The van der Waals surface area contributed by atoms with Gasteiger partial charge < -0.3 is 14.8 Å². The van der Waals surface area contributed by atoms with E-state index >= 15 is 0 Å². The van der Waals surface area contributed by atoms with Gasteiger partial charge in [0.25, 0.3) is 0 Å². The van der Waals surface area contributed by atoms with E-state index in [9.17, 15) is 4.39 Å². The van der Waals surface area contributed by atoms with E-state index in [0.717, 1.165) is 43.3 Å². The smallest absolute Gasteiger partial charge is 0.152 e. The molecule has 1 aromatic heterocycles. The molecule has 1 aliphatic heterocycles. The second-order valence-electron chi connectivity index (χ2n) is 5.79. The summed E-state index contributed by atoms with van der Waals surface area (Å²) in [5, 5.41) is 11.6. The number of anilines is 1. The van der Waals surface area contributed by atoms with Crippen molar-refractivity contribution in [3.05, 3.63) is 41.7 Å². The number of benzene rings is 1. The molecule has 0 bridgehead atoms. The molecule has 1 saturated carbocycles. The van der Waals surface area contributed by atoms with Crippen molar-refractivity contribution < 1.29 is 4.39 Å². The summed E-state index contributed by atoms with van der Waals surface area (Å²) in [5.41, 5.74) is 2.12. The topological polar surface area (TPSA) is 46.0 Å². The molecule has 2 aromatic rings. The molecule has 21 heavy (non-hydrogen) atoms. The Morgan fingerprint density at radius 1 is 1.29 bits per heavy atom. The van der Waals surface area contributed by atoms with Crippen LogP contribution < -0.4 is 10.2 Å². The highest BCUT2D eigenvalue weighted by atomic mass is 19.1. The van der Waals surface area contributed by atoms with Gasteiger partial charge in [-0.05, 0) is 36.6 Å². The minimum Gasteiger partial charge on any atom is -0.362 e. The van der Waals surface area contributed by atoms with Crippen LogP contribution in [0.2, 0.25) is 0 Å². The minimum atomic E-state index is -0.175. The summed E-state index contributed by atoms with van der Waals surface area (Å²) in [6.07, 6.45) is 4.24. The molecule has 4 rings (SSSR count). The van der Waals surface area contributed by atoms with Crippen molar-refractivity contribution in [2.45, 2.75) is 38.5 Å². The van der Waals surface area contributed by atoms with Gasteiger partial charge in [0, 0.05) is 31.4 Å². The fourth-order valence-electron chi connectivity index (χ4n) is 2.82. The van der Waals surface area contributed by atoms with Crippen LogP contribution in [0.5, 0.6) is 0 Å². The molecule has 1 aromatic carbocycles. The van der Waals surface area contributed by atoms with E-state index < -0.39 is 0 Å². The third-order valence-electron chi connectivity index (χ3n) is 4.18. The summed E-state index contributed by atoms with van der Waals surface area (Å²) >= 11 is 0. The predicted octanol–water partition coefficient (Wildman–Crippen LogP) is 1.69. The van der Waals surface area contributed by atoms with Gasteiger partial charge in [-0.3, -0.25) is 0 Å². The Hall–Kier alpha value is -1.95. The monoisotopic (exact) mass is 287 g/mol. The van der Waals surface area contributed by atoms with Crippen molar-refractivity contribution >= 4 is 5.69 Å². The molecule has 0 radical (unpaired) electrons. The first kappa shape index (κ1) is 12.8. The fraction of sp³-hybridized carbons (Fsp3) is 0.467. The van der Waals surface area contributed by atoms with Crippen LogP contribution in [-0.4, -0.2) is 27.4 Å². The van der Waals surface area contributed by atoms with Gasteiger partial charge in [0.15, 0.2) is 5.82 Å². The van der Waals surface area contributed by atoms with Crippen molar-refractivity contribution in [2.24, 2.45) is 0 Å². The van der Waals surface area contributed by atoms with Crippen molar-refractivity contribution in [3.8, 4) is 0 Å². The summed E-state index contributed by atoms with van der Waals surface area (Å²) in [6.45, 7) is 3.21. The second-order valence-corrected chi connectivity index (χ2v) is 5.79. The van der Waals surface area contributed by atoms with Crippen LogP contribution >= 0.6 is 0 Å². The van der Waals surface area contributed by atoms with Crippen LogP contribution in [-0.2, 0) is 19.6 Å². The Morgan fingerprint density at radius 3 is 3.05 bits per heavy atom. The summed E-state index contributed by atoms with van der Waals surface area (Å²) in [7, 11) is 0. The minimum absolute atomic E-state index is 0.175. The number of rotatable bonds is 4. The molecule has 1 N–H and O–H groups in total. The van der Waals surface area contributed by atoms with Gasteiger partial charge in [-0.15, -0.1) is 10.2 Å². The van der Waals surface area contributed by atoms with E-state index in [4.69, 9.17) is 0 Å². The Balaban J connectivity index is 1.58. The number of nitrogens with zero attached hydrogens (tertiary/aromatic N) is 4. The zero-order valence-electron chi connectivity index (χ0n) is 11.8. The van der Waals surface area contributed by atoms with E-state index in [2.05, 4.69) is 25.0 Å². The van der Waals surface area contributed by atoms with Crippen LogP contribution in [0.3, 0.4) is 0 Å². The van der Waals surface area contributed by atoms with Crippen molar-refractivity contribution in [1.82, 2.24) is 20.1 Å². The Bertz CT molecular complexity index is 649. The Kier molecular flexibility index (Phi) is 3.11. The van der Waals surface area contributed by atoms with Gasteiger partial charge in [-0.2, -0.15) is 0 Å². The van der Waals surface area contributed by atoms with Crippen LogP contribution in [0, 0.1) is 5.82 Å². The third-order valence-corrected chi connectivity index (χ3v) is 4.18. The quantitative estimate of drug-likeness (QED) is 0.929. The van der Waals surface area contributed by atoms with Gasteiger partial charge in [0.05, 0.1) is 6.54 Å². The highest BCUT2D eigenvalue weighted by Crippen LogP contribution is 2.27. The molecule has 0 amide bonds. The molecule has 0 saturated heterocycles. The van der Waals surface area contributed by atoms with E-state index in [1.54, 1.807) is 12.4 Å². The molecule has 0 spiro atoms. The van der Waals surface area contributed by atoms with E-state index in [1.807, 2.05) is 6.07 Å². The summed E-state index contributed by atoms with van der Waals surface area (Å²) in [4.78, 5) is 2.26. The first-order valence-corrected chi connectivity index (χ1v) is 7.43.